The predicted molar refractivity (Wildman–Crippen MR) is 73.9 cm³/mol. The lowest BCUT2D eigenvalue weighted by atomic mass is 10.2. The third-order valence-corrected chi connectivity index (χ3v) is 3.34. The van der Waals surface area contributed by atoms with Gasteiger partial charge in [-0.2, -0.15) is 0 Å². The van der Waals surface area contributed by atoms with E-state index in [1.54, 1.807) is 7.11 Å². The van der Waals surface area contributed by atoms with Gasteiger partial charge in [0.25, 0.3) is 0 Å². The Morgan fingerprint density at radius 2 is 2.21 bits per heavy atom. The molecule has 104 valence electrons. The summed E-state index contributed by atoms with van der Waals surface area (Å²) in [7, 11) is 1.65. The molecule has 0 amide bonds. The van der Waals surface area contributed by atoms with E-state index in [9.17, 15) is 4.79 Å². The fourth-order valence-electron chi connectivity index (χ4n) is 2.37. The number of carbonyl (C=O) groups is 1. The van der Waals surface area contributed by atoms with Crippen molar-refractivity contribution < 1.29 is 14.6 Å². The highest BCUT2D eigenvalue weighted by molar-refractivity contribution is 5.67. The van der Waals surface area contributed by atoms with Gasteiger partial charge in [-0.05, 0) is 37.2 Å². The zero-order chi connectivity index (χ0) is 13.7. The molecule has 0 aromatic heterocycles. The lowest BCUT2D eigenvalue weighted by molar-refractivity contribution is -0.137. The smallest absolute Gasteiger partial charge is 0.304 e. The molecule has 1 atom stereocenters. The minimum atomic E-state index is -0.755. The van der Waals surface area contributed by atoms with Gasteiger partial charge < -0.3 is 20.1 Å². The first kappa shape index (κ1) is 13.7. The van der Waals surface area contributed by atoms with Crippen molar-refractivity contribution in [2.45, 2.75) is 18.9 Å². The molecule has 0 aliphatic carbocycles. The van der Waals surface area contributed by atoms with E-state index in [2.05, 4.69) is 10.2 Å². The Morgan fingerprint density at radius 1 is 1.47 bits per heavy atom. The normalized spacial score (nSPS) is 19.8. The quantitative estimate of drug-likeness (QED) is 0.859. The third kappa shape index (κ3) is 3.86. The minimum Gasteiger partial charge on any atom is -0.497 e. The highest BCUT2D eigenvalue weighted by Gasteiger charge is 2.20. The first-order valence-corrected chi connectivity index (χ1v) is 6.53. The van der Waals surface area contributed by atoms with Crippen LogP contribution in [0.4, 0.5) is 5.69 Å². The molecular formula is C14H20N2O3. The van der Waals surface area contributed by atoms with Crippen molar-refractivity contribution in [2.75, 3.05) is 31.6 Å². The van der Waals surface area contributed by atoms with Crippen molar-refractivity contribution in [3.63, 3.8) is 0 Å². The number of rotatable bonds is 4. The second-order valence-corrected chi connectivity index (χ2v) is 4.75. The molecule has 1 aromatic rings. The van der Waals surface area contributed by atoms with E-state index in [0.717, 1.165) is 37.5 Å². The van der Waals surface area contributed by atoms with Crippen LogP contribution in [-0.4, -0.2) is 43.9 Å². The Morgan fingerprint density at radius 3 is 2.84 bits per heavy atom. The molecule has 2 rings (SSSR count). The molecule has 5 nitrogen and oxygen atoms in total. The summed E-state index contributed by atoms with van der Waals surface area (Å²) < 4.78 is 5.15. The van der Waals surface area contributed by atoms with Crippen LogP contribution in [0.2, 0.25) is 0 Å². The van der Waals surface area contributed by atoms with Crippen LogP contribution < -0.4 is 15.0 Å². The molecule has 19 heavy (non-hydrogen) atoms. The first-order valence-electron chi connectivity index (χ1n) is 6.53. The summed E-state index contributed by atoms with van der Waals surface area (Å²) in [6, 6.07) is 7.89. The fraction of sp³-hybridized carbons (Fsp3) is 0.500. The maximum Gasteiger partial charge on any atom is 0.304 e. The van der Waals surface area contributed by atoms with Gasteiger partial charge in [0.2, 0.25) is 0 Å². The van der Waals surface area contributed by atoms with Crippen molar-refractivity contribution in [3.8, 4) is 5.75 Å². The van der Waals surface area contributed by atoms with Gasteiger partial charge in [-0.1, -0.05) is 0 Å². The number of nitrogens with one attached hydrogen (secondary N) is 1. The van der Waals surface area contributed by atoms with Gasteiger partial charge in [0, 0.05) is 24.8 Å². The van der Waals surface area contributed by atoms with E-state index in [4.69, 9.17) is 9.84 Å². The summed E-state index contributed by atoms with van der Waals surface area (Å²) in [6.07, 6.45) is 1.18. The molecule has 1 fully saturated rings. The number of aliphatic carboxylic acids is 1. The van der Waals surface area contributed by atoms with E-state index in [1.807, 2.05) is 24.3 Å². The van der Waals surface area contributed by atoms with Crippen molar-refractivity contribution in [3.05, 3.63) is 24.3 Å². The SMILES string of the molecule is COc1ccc(N2CCCNC(CC(=O)O)C2)cc1. The van der Waals surface area contributed by atoms with Crippen LogP contribution in [0.3, 0.4) is 0 Å². The lowest BCUT2D eigenvalue weighted by Gasteiger charge is -2.26. The minimum absolute atomic E-state index is 0.00195. The Balaban J connectivity index is 2.06. The number of anilines is 1. The maximum absolute atomic E-state index is 10.8. The average molecular weight is 264 g/mol. The van der Waals surface area contributed by atoms with E-state index < -0.39 is 5.97 Å². The second kappa shape index (κ2) is 6.43. The topological polar surface area (TPSA) is 61.8 Å². The van der Waals surface area contributed by atoms with E-state index in [1.165, 1.54) is 0 Å². The van der Waals surface area contributed by atoms with E-state index in [-0.39, 0.29) is 12.5 Å². The van der Waals surface area contributed by atoms with Crippen LogP contribution in [0, 0.1) is 0 Å². The van der Waals surface area contributed by atoms with Crippen LogP contribution in [0.25, 0.3) is 0 Å². The maximum atomic E-state index is 10.8. The number of hydrogen-bond acceptors (Lipinski definition) is 4. The monoisotopic (exact) mass is 264 g/mol. The number of hydrogen-bond donors (Lipinski definition) is 2. The van der Waals surface area contributed by atoms with Crippen LogP contribution in [0.1, 0.15) is 12.8 Å². The molecule has 1 aliphatic rings. The summed E-state index contributed by atoms with van der Waals surface area (Å²) in [4.78, 5) is 13.1. The van der Waals surface area contributed by atoms with E-state index in [0.29, 0.717) is 0 Å². The van der Waals surface area contributed by atoms with Gasteiger partial charge in [-0.25, -0.2) is 0 Å². The number of benzene rings is 1. The van der Waals surface area contributed by atoms with Crippen LogP contribution in [-0.2, 0) is 4.79 Å². The average Bonchev–Trinajstić information content (AvgIpc) is 2.64. The molecule has 1 aromatic carbocycles. The van der Waals surface area contributed by atoms with Gasteiger partial charge >= 0.3 is 5.97 Å². The lowest BCUT2D eigenvalue weighted by Crippen LogP contribution is -2.39. The molecule has 1 unspecified atom stereocenters. The van der Waals surface area contributed by atoms with Gasteiger partial charge in [0.05, 0.1) is 13.5 Å². The standard InChI is InChI=1S/C14H20N2O3/c1-19-13-5-3-12(4-6-13)16-8-2-7-15-11(10-16)9-14(17)18/h3-6,11,15H,2,7-10H2,1H3,(H,17,18). The number of methoxy groups -OCH3 is 1. The highest BCUT2D eigenvalue weighted by Crippen LogP contribution is 2.20. The summed E-state index contributed by atoms with van der Waals surface area (Å²) >= 11 is 0. The molecule has 0 spiro atoms. The van der Waals surface area contributed by atoms with Crippen LogP contribution in [0.5, 0.6) is 5.75 Å². The van der Waals surface area contributed by atoms with Crippen LogP contribution >= 0.6 is 0 Å². The zero-order valence-electron chi connectivity index (χ0n) is 11.1. The Bertz CT molecular complexity index is 419. The number of nitrogens with zero attached hydrogens (tertiary/aromatic N) is 1. The van der Waals surface area contributed by atoms with Crippen LogP contribution in [0.15, 0.2) is 24.3 Å². The Labute approximate surface area is 113 Å². The molecule has 0 radical (unpaired) electrons. The molecule has 1 aliphatic heterocycles. The molecule has 5 heteroatoms. The summed E-state index contributed by atoms with van der Waals surface area (Å²) in [5, 5.41) is 12.2. The number of carboxylic acids is 1. The van der Waals surface area contributed by atoms with Crippen molar-refractivity contribution in [2.24, 2.45) is 0 Å². The zero-order valence-corrected chi connectivity index (χ0v) is 11.1. The Hall–Kier alpha value is -1.75. The first-order chi connectivity index (χ1) is 9.19. The highest BCUT2D eigenvalue weighted by atomic mass is 16.5. The fourth-order valence-corrected chi connectivity index (χ4v) is 2.37. The number of carboxylic acid groups (broad SMARTS) is 1. The largest absolute Gasteiger partial charge is 0.497 e. The summed E-state index contributed by atoms with van der Waals surface area (Å²) in [5.74, 6) is 0.0767. The third-order valence-electron chi connectivity index (χ3n) is 3.34. The summed E-state index contributed by atoms with van der Waals surface area (Å²) in [5.41, 5.74) is 1.11. The van der Waals surface area contributed by atoms with Gasteiger partial charge in [-0.3, -0.25) is 4.79 Å². The van der Waals surface area contributed by atoms with Gasteiger partial charge in [0.1, 0.15) is 5.75 Å². The number of ether oxygens (including phenoxy) is 1. The molecule has 0 saturated carbocycles. The second-order valence-electron chi connectivity index (χ2n) is 4.75. The molecule has 0 bridgehead atoms. The van der Waals surface area contributed by atoms with E-state index >= 15 is 0 Å². The molecule has 1 saturated heterocycles. The van der Waals surface area contributed by atoms with Crippen molar-refractivity contribution in [1.29, 1.82) is 0 Å². The molecule has 1 heterocycles. The molecular weight excluding hydrogens is 244 g/mol. The van der Waals surface area contributed by atoms with Crippen molar-refractivity contribution >= 4 is 11.7 Å². The molecule has 2 N–H and O–H groups in total. The Kier molecular flexibility index (Phi) is 4.63. The predicted octanol–water partition coefficient (Wildman–Crippen LogP) is 1.34. The summed E-state index contributed by atoms with van der Waals surface area (Å²) in [6.45, 7) is 2.53. The van der Waals surface area contributed by atoms with Crippen molar-refractivity contribution in [1.82, 2.24) is 5.32 Å². The van der Waals surface area contributed by atoms with Gasteiger partial charge in [-0.15, -0.1) is 0 Å². The van der Waals surface area contributed by atoms with Gasteiger partial charge in [0.15, 0.2) is 0 Å².